The topological polar surface area (TPSA) is 105 Å². The molecule has 2 atom stereocenters. The number of benzene rings is 1. The molecule has 29 heavy (non-hydrogen) atoms. The van der Waals surface area contributed by atoms with Gasteiger partial charge in [-0.1, -0.05) is 24.6 Å². The lowest BCUT2D eigenvalue weighted by atomic mass is 10.0. The van der Waals surface area contributed by atoms with Crippen LogP contribution in [-0.2, 0) is 24.3 Å². The van der Waals surface area contributed by atoms with Crippen molar-refractivity contribution >= 4 is 21.8 Å². The van der Waals surface area contributed by atoms with Crippen molar-refractivity contribution in [2.75, 3.05) is 26.2 Å². The maximum Gasteiger partial charge on any atom is 0.309 e. The van der Waals surface area contributed by atoms with Gasteiger partial charge >= 0.3 is 11.8 Å². The van der Waals surface area contributed by atoms with Crippen molar-refractivity contribution in [1.82, 2.24) is 14.9 Å². The van der Waals surface area contributed by atoms with Crippen LogP contribution >= 0.6 is 0 Å². The summed E-state index contributed by atoms with van der Waals surface area (Å²) >= 11 is 0. The van der Waals surface area contributed by atoms with E-state index < -0.39 is 21.8 Å². The Bertz CT molecular complexity index is 794. The van der Waals surface area contributed by atoms with Gasteiger partial charge < -0.3 is 15.4 Å². The summed E-state index contributed by atoms with van der Waals surface area (Å²) < 4.78 is 32.9. The normalized spacial score (nSPS) is 22.9. The van der Waals surface area contributed by atoms with E-state index >= 15 is 0 Å². The number of piperidine rings is 1. The third kappa shape index (κ3) is 5.77. The fourth-order valence-electron chi connectivity index (χ4n) is 3.83. The molecule has 9 heteroatoms. The number of nitrogens with zero attached hydrogens (tertiary/aromatic N) is 1. The molecule has 2 N–H and O–H groups in total. The largest absolute Gasteiger partial charge is 0.376 e. The van der Waals surface area contributed by atoms with Gasteiger partial charge in [-0.2, -0.15) is 4.31 Å². The molecule has 2 aliphatic heterocycles. The minimum atomic E-state index is -3.57. The molecular formula is C20H29N3O5S. The third-order valence-corrected chi connectivity index (χ3v) is 7.37. The molecule has 0 saturated carbocycles. The zero-order valence-corrected chi connectivity index (χ0v) is 17.3. The van der Waals surface area contributed by atoms with Crippen LogP contribution in [0.5, 0.6) is 0 Å². The highest BCUT2D eigenvalue weighted by molar-refractivity contribution is 7.89. The van der Waals surface area contributed by atoms with Crippen LogP contribution < -0.4 is 10.6 Å². The van der Waals surface area contributed by atoms with Gasteiger partial charge in [-0.15, -0.1) is 0 Å². The summed E-state index contributed by atoms with van der Waals surface area (Å²) in [5.74, 6) is -1.38. The first-order valence-corrected chi connectivity index (χ1v) is 11.7. The molecule has 2 saturated heterocycles. The van der Waals surface area contributed by atoms with Gasteiger partial charge in [0.2, 0.25) is 10.0 Å². The second kappa shape index (κ2) is 10.2. The number of nitrogens with one attached hydrogen (secondary N) is 2. The van der Waals surface area contributed by atoms with Gasteiger partial charge in [0.1, 0.15) is 0 Å². The van der Waals surface area contributed by atoms with Crippen molar-refractivity contribution in [1.29, 1.82) is 0 Å². The number of carbonyl (C=O) groups is 2. The zero-order valence-electron chi connectivity index (χ0n) is 16.5. The standard InChI is InChI=1S/C20H29N3O5S/c24-19(20(25)22-15-17-8-6-14-28-17)21-12-11-16-7-4-5-13-23(16)29(26,27)18-9-2-1-3-10-18/h1-3,9-10,16-17H,4-8,11-15H2,(H,21,24)(H,22,25)/t16-,17-/m0/s1. The number of carbonyl (C=O) groups excluding carboxylic acids is 2. The summed E-state index contributed by atoms with van der Waals surface area (Å²) in [5.41, 5.74) is 0. The van der Waals surface area contributed by atoms with E-state index in [2.05, 4.69) is 10.6 Å². The van der Waals surface area contributed by atoms with Crippen molar-refractivity contribution in [2.24, 2.45) is 0 Å². The van der Waals surface area contributed by atoms with Gasteiger partial charge in [-0.25, -0.2) is 8.42 Å². The Labute approximate surface area is 172 Å². The average molecular weight is 424 g/mol. The molecule has 2 heterocycles. The quantitative estimate of drug-likeness (QED) is 0.638. The van der Waals surface area contributed by atoms with Gasteiger partial charge in [-0.05, 0) is 44.2 Å². The van der Waals surface area contributed by atoms with E-state index in [9.17, 15) is 18.0 Å². The number of hydrogen-bond donors (Lipinski definition) is 2. The molecule has 160 valence electrons. The molecular weight excluding hydrogens is 394 g/mol. The Morgan fingerprint density at radius 3 is 2.52 bits per heavy atom. The predicted molar refractivity (Wildman–Crippen MR) is 108 cm³/mol. The lowest BCUT2D eigenvalue weighted by Crippen LogP contribution is -2.46. The van der Waals surface area contributed by atoms with Gasteiger partial charge in [0.05, 0.1) is 11.0 Å². The maximum atomic E-state index is 13.0. The van der Waals surface area contributed by atoms with E-state index in [4.69, 9.17) is 4.74 Å². The third-order valence-electron chi connectivity index (χ3n) is 5.41. The summed E-state index contributed by atoms with van der Waals surface area (Å²) in [6.45, 7) is 1.74. The summed E-state index contributed by atoms with van der Waals surface area (Å²) in [7, 11) is -3.57. The highest BCUT2D eigenvalue weighted by Crippen LogP contribution is 2.26. The van der Waals surface area contributed by atoms with Gasteiger partial charge in [0.25, 0.3) is 0 Å². The van der Waals surface area contributed by atoms with Crippen LogP contribution in [0, 0.1) is 0 Å². The minimum Gasteiger partial charge on any atom is -0.376 e. The van der Waals surface area contributed by atoms with Crippen molar-refractivity contribution in [3.05, 3.63) is 30.3 Å². The molecule has 3 rings (SSSR count). The second-order valence-electron chi connectivity index (χ2n) is 7.47. The van der Waals surface area contributed by atoms with Crippen molar-refractivity contribution in [3.8, 4) is 0 Å². The Morgan fingerprint density at radius 2 is 1.79 bits per heavy atom. The molecule has 2 fully saturated rings. The van der Waals surface area contributed by atoms with E-state index in [1.807, 2.05) is 0 Å². The molecule has 0 unspecified atom stereocenters. The summed E-state index contributed by atoms with van der Waals surface area (Å²) in [4.78, 5) is 24.2. The van der Waals surface area contributed by atoms with E-state index in [0.717, 1.165) is 32.1 Å². The van der Waals surface area contributed by atoms with Gasteiger partial charge in [-0.3, -0.25) is 9.59 Å². The molecule has 0 bridgehead atoms. The zero-order chi connectivity index (χ0) is 20.7. The molecule has 8 nitrogen and oxygen atoms in total. The molecule has 2 amide bonds. The Morgan fingerprint density at radius 1 is 1.03 bits per heavy atom. The Kier molecular flexibility index (Phi) is 7.63. The SMILES string of the molecule is O=C(NCC[C@@H]1CCCCN1S(=O)(=O)c1ccccc1)C(=O)NC[C@@H]1CCCO1. The number of hydrogen-bond acceptors (Lipinski definition) is 5. The first-order chi connectivity index (χ1) is 14.0. The highest BCUT2D eigenvalue weighted by atomic mass is 32.2. The van der Waals surface area contributed by atoms with Crippen LogP contribution in [0.1, 0.15) is 38.5 Å². The van der Waals surface area contributed by atoms with E-state index in [-0.39, 0.29) is 23.6 Å². The number of rotatable bonds is 7. The van der Waals surface area contributed by atoms with E-state index in [1.165, 1.54) is 4.31 Å². The molecule has 0 spiro atoms. The minimum absolute atomic E-state index is 0.0225. The molecule has 0 aliphatic carbocycles. The van der Waals surface area contributed by atoms with Crippen LogP contribution in [0.25, 0.3) is 0 Å². The predicted octanol–water partition coefficient (Wildman–Crippen LogP) is 1.03. The Hall–Kier alpha value is -1.97. The molecule has 0 radical (unpaired) electrons. The van der Waals surface area contributed by atoms with Crippen molar-refractivity contribution in [2.45, 2.75) is 55.6 Å². The first-order valence-electron chi connectivity index (χ1n) is 10.2. The van der Waals surface area contributed by atoms with Gasteiger partial charge in [0, 0.05) is 32.3 Å². The molecule has 1 aromatic carbocycles. The molecule has 2 aliphatic rings. The average Bonchev–Trinajstić information content (AvgIpc) is 3.26. The maximum absolute atomic E-state index is 13.0. The Balaban J connectivity index is 1.49. The van der Waals surface area contributed by atoms with Crippen molar-refractivity contribution < 1.29 is 22.7 Å². The summed E-state index contributed by atoms with van der Waals surface area (Å²) in [6, 6.07) is 8.21. The fourth-order valence-corrected chi connectivity index (χ4v) is 5.58. The summed E-state index contributed by atoms with van der Waals surface area (Å²) in [6.07, 6.45) is 4.81. The van der Waals surface area contributed by atoms with Crippen LogP contribution in [0.3, 0.4) is 0 Å². The second-order valence-corrected chi connectivity index (χ2v) is 9.36. The van der Waals surface area contributed by atoms with E-state index in [1.54, 1.807) is 30.3 Å². The van der Waals surface area contributed by atoms with Crippen molar-refractivity contribution in [3.63, 3.8) is 0 Å². The van der Waals surface area contributed by atoms with Crippen LogP contribution in [-0.4, -0.2) is 62.9 Å². The van der Waals surface area contributed by atoms with Crippen LogP contribution in [0.2, 0.25) is 0 Å². The monoisotopic (exact) mass is 423 g/mol. The smallest absolute Gasteiger partial charge is 0.309 e. The van der Waals surface area contributed by atoms with Crippen LogP contribution in [0.15, 0.2) is 35.2 Å². The lowest BCUT2D eigenvalue weighted by Gasteiger charge is -2.34. The first kappa shape index (κ1) is 21.7. The number of amides is 2. The highest BCUT2D eigenvalue weighted by Gasteiger charge is 2.33. The molecule has 0 aromatic heterocycles. The van der Waals surface area contributed by atoms with Gasteiger partial charge in [0.15, 0.2) is 0 Å². The van der Waals surface area contributed by atoms with Crippen LogP contribution in [0.4, 0.5) is 0 Å². The number of sulfonamides is 1. The molecule has 1 aromatic rings. The summed E-state index contributed by atoms with van der Waals surface area (Å²) in [5, 5.41) is 5.19. The lowest BCUT2D eigenvalue weighted by molar-refractivity contribution is -0.139. The number of ether oxygens (including phenoxy) is 1. The fraction of sp³-hybridized carbons (Fsp3) is 0.600. The van der Waals surface area contributed by atoms with E-state index in [0.29, 0.717) is 26.1 Å².